The van der Waals surface area contributed by atoms with Gasteiger partial charge in [-0.25, -0.2) is 0 Å². The lowest BCUT2D eigenvalue weighted by Crippen LogP contribution is -2.47. The fourth-order valence-corrected chi connectivity index (χ4v) is 4.50. The summed E-state index contributed by atoms with van der Waals surface area (Å²) in [5, 5.41) is 3.60. The Kier molecular flexibility index (Phi) is 10.9. The van der Waals surface area contributed by atoms with Crippen molar-refractivity contribution in [1.82, 2.24) is 20.0 Å². The molecule has 0 bridgehead atoms. The molecule has 0 radical (unpaired) electrons. The molecule has 0 spiro atoms. The summed E-state index contributed by atoms with van der Waals surface area (Å²) in [6.45, 7) is 12.6. The van der Waals surface area contributed by atoms with Crippen LogP contribution in [0.3, 0.4) is 0 Å². The van der Waals surface area contributed by atoms with E-state index >= 15 is 0 Å². The summed E-state index contributed by atoms with van der Waals surface area (Å²) < 4.78 is 16.4. The van der Waals surface area contributed by atoms with E-state index in [1.54, 1.807) is 6.26 Å². The predicted octanol–water partition coefficient (Wildman–Crippen LogP) is 1.51. The van der Waals surface area contributed by atoms with Crippen LogP contribution in [0, 0.1) is 0 Å². The molecular formula is C22H38IN5O3. The minimum atomic E-state index is 0. The summed E-state index contributed by atoms with van der Waals surface area (Å²) in [7, 11) is 0. The Balaban J connectivity index is 0.00000272. The number of ether oxygens (including phenoxy) is 2. The molecule has 31 heavy (non-hydrogen) atoms. The molecule has 0 aliphatic carbocycles. The molecule has 1 aromatic rings. The zero-order chi connectivity index (χ0) is 20.4. The van der Waals surface area contributed by atoms with Crippen molar-refractivity contribution in [3.05, 3.63) is 24.2 Å². The first kappa shape index (κ1) is 24.8. The number of hydrogen-bond donors (Lipinski definition) is 1. The first-order valence-corrected chi connectivity index (χ1v) is 11.6. The van der Waals surface area contributed by atoms with Crippen molar-refractivity contribution in [2.75, 3.05) is 85.3 Å². The zero-order valence-corrected chi connectivity index (χ0v) is 20.9. The minimum absolute atomic E-state index is 0. The summed E-state index contributed by atoms with van der Waals surface area (Å²) in [5.41, 5.74) is 0. The average molecular weight is 547 g/mol. The highest BCUT2D eigenvalue weighted by Gasteiger charge is 2.30. The Labute approximate surface area is 203 Å². The molecule has 176 valence electrons. The van der Waals surface area contributed by atoms with Crippen molar-refractivity contribution in [2.24, 2.45) is 4.99 Å². The summed E-state index contributed by atoms with van der Waals surface area (Å²) in [5.74, 6) is 2.07. The fourth-order valence-electron chi connectivity index (χ4n) is 4.50. The number of rotatable bonds is 8. The molecule has 0 saturated carbocycles. The highest BCUT2D eigenvalue weighted by Crippen LogP contribution is 2.17. The molecule has 0 aromatic carbocycles. The average Bonchev–Trinajstić information content (AvgIpc) is 3.49. The van der Waals surface area contributed by atoms with E-state index in [1.165, 1.54) is 6.42 Å². The summed E-state index contributed by atoms with van der Waals surface area (Å²) in [4.78, 5) is 12.5. The molecule has 3 saturated heterocycles. The largest absolute Gasteiger partial charge is 0.469 e. The molecule has 8 nitrogen and oxygen atoms in total. The lowest BCUT2D eigenvalue weighted by atomic mass is 10.2. The van der Waals surface area contributed by atoms with Crippen LogP contribution in [0.5, 0.6) is 0 Å². The number of likely N-dealkylation sites (tertiary alicyclic amines) is 1. The summed E-state index contributed by atoms with van der Waals surface area (Å²) >= 11 is 0. The van der Waals surface area contributed by atoms with Gasteiger partial charge in [-0.05, 0) is 25.0 Å². The molecule has 4 heterocycles. The topological polar surface area (TPSA) is 65.7 Å². The number of morpholine rings is 2. The van der Waals surface area contributed by atoms with Crippen LogP contribution in [0.1, 0.15) is 18.6 Å². The van der Waals surface area contributed by atoms with Gasteiger partial charge in [0.25, 0.3) is 0 Å². The molecule has 1 atom stereocenters. The van der Waals surface area contributed by atoms with Crippen molar-refractivity contribution in [3.63, 3.8) is 0 Å². The Morgan fingerprint density at radius 1 is 1.06 bits per heavy atom. The molecule has 1 N–H and O–H groups in total. The van der Waals surface area contributed by atoms with Gasteiger partial charge in [-0.2, -0.15) is 0 Å². The van der Waals surface area contributed by atoms with Gasteiger partial charge in [-0.15, -0.1) is 24.0 Å². The smallest absolute Gasteiger partial charge is 0.193 e. The van der Waals surface area contributed by atoms with Gasteiger partial charge in [-0.1, -0.05) is 0 Å². The van der Waals surface area contributed by atoms with Gasteiger partial charge in [0.2, 0.25) is 0 Å². The van der Waals surface area contributed by atoms with Gasteiger partial charge in [0.1, 0.15) is 5.76 Å². The molecule has 3 aliphatic rings. The normalized spacial score (nSPS) is 23.7. The second-order valence-corrected chi connectivity index (χ2v) is 8.31. The van der Waals surface area contributed by atoms with Crippen LogP contribution in [0.4, 0.5) is 0 Å². The van der Waals surface area contributed by atoms with Crippen LogP contribution in [0.15, 0.2) is 27.8 Å². The quantitative estimate of drug-likeness (QED) is 0.229. The number of halogens is 1. The van der Waals surface area contributed by atoms with Crippen LogP contribution in [-0.4, -0.2) is 112 Å². The van der Waals surface area contributed by atoms with Gasteiger partial charge in [0.15, 0.2) is 5.96 Å². The van der Waals surface area contributed by atoms with Crippen molar-refractivity contribution in [1.29, 1.82) is 0 Å². The van der Waals surface area contributed by atoms with Crippen molar-refractivity contribution < 1.29 is 13.9 Å². The maximum absolute atomic E-state index is 5.53. The summed E-state index contributed by atoms with van der Waals surface area (Å²) in [6.07, 6.45) is 4.90. The first-order chi connectivity index (χ1) is 14.9. The van der Waals surface area contributed by atoms with Crippen LogP contribution < -0.4 is 5.32 Å². The third kappa shape index (κ3) is 7.88. The molecule has 9 heteroatoms. The number of furan rings is 1. The zero-order valence-electron chi connectivity index (χ0n) is 18.5. The van der Waals surface area contributed by atoms with Gasteiger partial charge in [-0.3, -0.25) is 14.8 Å². The maximum atomic E-state index is 5.53. The van der Waals surface area contributed by atoms with E-state index in [4.69, 9.17) is 18.9 Å². The Hall–Kier alpha value is -0.880. The van der Waals surface area contributed by atoms with Crippen molar-refractivity contribution in [2.45, 2.75) is 25.3 Å². The van der Waals surface area contributed by atoms with Crippen molar-refractivity contribution in [3.8, 4) is 0 Å². The first-order valence-electron chi connectivity index (χ1n) is 11.6. The molecular weight excluding hydrogens is 509 g/mol. The standard InChI is InChI=1S/C22H37N5O3.HI/c1-3-21(30-14-1)4-7-24-22(23-6-2-8-25-10-15-28-16-11-25)27-9-5-20(19-27)26-12-17-29-18-13-26;/h1,3,14,20H,2,4-13,15-19H2,(H,23,24);1H. The predicted molar refractivity (Wildman–Crippen MR) is 132 cm³/mol. The number of hydrogen-bond acceptors (Lipinski definition) is 6. The van der Waals surface area contributed by atoms with Crippen LogP contribution in [-0.2, 0) is 15.9 Å². The monoisotopic (exact) mass is 547 g/mol. The highest BCUT2D eigenvalue weighted by molar-refractivity contribution is 14.0. The number of aliphatic imine (C=N–C) groups is 1. The molecule has 4 rings (SSSR count). The van der Waals surface area contributed by atoms with E-state index in [9.17, 15) is 0 Å². The maximum Gasteiger partial charge on any atom is 0.193 e. The Morgan fingerprint density at radius 3 is 2.58 bits per heavy atom. The van der Waals surface area contributed by atoms with Gasteiger partial charge < -0.3 is 24.1 Å². The molecule has 3 fully saturated rings. The SMILES string of the molecule is I.c1coc(CCNC(=NCCCN2CCOCC2)N2CCC(N3CCOCC3)C2)c1. The number of nitrogens with one attached hydrogen (secondary N) is 1. The van der Waals surface area contributed by atoms with E-state index in [0.717, 1.165) is 110 Å². The van der Waals surface area contributed by atoms with E-state index in [-0.39, 0.29) is 24.0 Å². The minimum Gasteiger partial charge on any atom is -0.469 e. The Bertz CT molecular complexity index is 633. The molecule has 1 unspecified atom stereocenters. The van der Waals surface area contributed by atoms with Crippen molar-refractivity contribution >= 4 is 29.9 Å². The number of nitrogens with zero attached hydrogens (tertiary/aromatic N) is 4. The summed E-state index contributed by atoms with van der Waals surface area (Å²) in [6, 6.07) is 4.59. The van der Waals surface area contributed by atoms with Gasteiger partial charge in [0, 0.05) is 71.4 Å². The third-order valence-electron chi connectivity index (χ3n) is 6.26. The van der Waals surface area contributed by atoms with E-state index in [0.29, 0.717) is 6.04 Å². The van der Waals surface area contributed by atoms with E-state index < -0.39 is 0 Å². The number of guanidine groups is 1. The van der Waals surface area contributed by atoms with Gasteiger partial charge >= 0.3 is 0 Å². The lowest BCUT2D eigenvalue weighted by Gasteiger charge is -2.32. The van der Waals surface area contributed by atoms with Gasteiger partial charge in [0.05, 0.1) is 32.7 Å². The highest BCUT2D eigenvalue weighted by atomic mass is 127. The second kappa shape index (κ2) is 13.6. The third-order valence-corrected chi connectivity index (χ3v) is 6.26. The molecule has 0 amide bonds. The van der Waals surface area contributed by atoms with Crippen LogP contribution in [0.2, 0.25) is 0 Å². The van der Waals surface area contributed by atoms with E-state index in [1.807, 2.05) is 12.1 Å². The molecule has 3 aliphatic heterocycles. The molecule has 1 aromatic heterocycles. The lowest BCUT2D eigenvalue weighted by molar-refractivity contribution is 0.0195. The second-order valence-electron chi connectivity index (χ2n) is 8.31. The fraction of sp³-hybridized carbons (Fsp3) is 0.773. The Morgan fingerprint density at radius 2 is 1.84 bits per heavy atom. The van der Waals surface area contributed by atoms with Crippen LogP contribution >= 0.6 is 24.0 Å². The van der Waals surface area contributed by atoms with Crippen LogP contribution in [0.25, 0.3) is 0 Å². The van der Waals surface area contributed by atoms with E-state index in [2.05, 4.69) is 20.0 Å².